The van der Waals surface area contributed by atoms with Gasteiger partial charge in [-0.3, -0.25) is 9.59 Å². The highest BCUT2D eigenvalue weighted by atomic mass is 16.5. The van der Waals surface area contributed by atoms with Crippen LogP contribution in [0.5, 0.6) is 5.75 Å². The second-order valence-corrected chi connectivity index (χ2v) is 6.31. The lowest BCUT2D eigenvalue weighted by Gasteiger charge is -2.29. The monoisotopic (exact) mass is 356 g/mol. The highest BCUT2D eigenvalue weighted by Crippen LogP contribution is 2.28. The Morgan fingerprint density at radius 3 is 2.46 bits per heavy atom. The number of carbonyl (C=O) groups is 2. The fraction of sp³-hybridized carbons (Fsp3) is 0.350. The van der Waals surface area contributed by atoms with Crippen LogP contribution in [-0.4, -0.2) is 34.6 Å². The molecule has 2 rings (SSSR count). The fourth-order valence-electron chi connectivity index (χ4n) is 2.76. The molecule has 1 heterocycles. The van der Waals surface area contributed by atoms with Gasteiger partial charge in [0.15, 0.2) is 11.4 Å². The minimum atomic E-state index is -1.20. The number of nitrogens with one attached hydrogen (secondary N) is 1. The molecule has 6 heteroatoms. The number of carboxylic acid groups (broad SMARTS) is 1. The molecular formula is C20H24N2O4. The van der Waals surface area contributed by atoms with Crippen LogP contribution in [0.1, 0.15) is 43.2 Å². The average molecular weight is 356 g/mol. The lowest BCUT2D eigenvalue weighted by molar-refractivity contribution is -0.143. The van der Waals surface area contributed by atoms with E-state index in [0.717, 1.165) is 0 Å². The lowest BCUT2D eigenvalue weighted by atomic mass is 9.78. The van der Waals surface area contributed by atoms with Crippen LogP contribution in [0.3, 0.4) is 0 Å². The van der Waals surface area contributed by atoms with Crippen molar-refractivity contribution in [2.45, 2.75) is 38.7 Å². The Bertz CT molecular complexity index is 761. The van der Waals surface area contributed by atoms with Crippen molar-refractivity contribution in [3.63, 3.8) is 0 Å². The average Bonchev–Trinajstić information content (AvgIpc) is 2.63. The Morgan fingerprint density at radius 1 is 1.19 bits per heavy atom. The van der Waals surface area contributed by atoms with Crippen molar-refractivity contribution in [3.05, 3.63) is 59.9 Å². The molecule has 1 atom stereocenters. The maximum absolute atomic E-state index is 12.6. The number of pyridine rings is 1. The van der Waals surface area contributed by atoms with Crippen LogP contribution in [0.4, 0.5) is 0 Å². The van der Waals surface area contributed by atoms with Gasteiger partial charge in [0.1, 0.15) is 5.41 Å². The summed E-state index contributed by atoms with van der Waals surface area (Å²) in [6, 6.07) is 12.3. The summed E-state index contributed by atoms with van der Waals surface area (Å²) in [6.45, 7) is 5.47. The predicted molar refractivity (Wildman–Crippen MR) is 98.4 cm³/mol. The van der Waals surface area contributed by atoms with Crippen LogP contribution < -0.4 is 10.1 Å². The first-order valence-electron chi connectivity index (χ1n) is 8.59. The molecule has 0 radical (unpaired) electrons. The molecule has 0 aliphatic heterocycles. The second-order valence-electron chi connectivity index (χ2n) is 6.31. The number of carboxylic acids is 1. The number of ether oxygens (including phenoxy) is 1. The Hall–Kier alpha value is -2.89. The zero-order valence-corrected chi connectivity index (χ0v) is 15.2. The summed E-state index contributed by atoms with van der Waals surface area (Å²) >= 11 is 0. The van der Waals surface area contributed by atoms with Crippen molar-refractivity contribution >= 4 is 11.9 Å². The molecule has 1 aromatic heterocycles. The first-order chi connectivity index (χ1) is 12.4. The van der Waals surface area contributed by atoms with Crippen LogP contribution in [0.2, 0.25) is 0 Å². The Balaban J connectivity index is 2.25. The molecule has 1 amide bonds. The summed E-state index contributed by atoms with van der Waals surface area (Å²) in [4.78, 5) is 28.7. The van der Waals surface area contributed by atoms with Gasteiger partial charge in [-0.2, -0.15) is 0 Å². The van der Waals surface area contributed by atoms with Crippen LogP contribution in [0, 0.1) is 0 Å². The van der Waals surface area contributed by atoms with Crippen molar-refractivity contribution in [3.8, 4) is 5.75 Å². The minimum Gasteiger partial charge on any atom is -0.489 e. The SMILES string of the molecule is CCC(CNC(=O)c1ncccc1OC(C)C)(C(=O)O)c1ccccc1. The number of hydrogen-bond donors (Lipinski definition) is 2. The van der Waals surface area contributed by atoms with E-state index in [-0.39, 0.29) is 18.3 Å². The maximum atomic E-state index is 12.6. The number of hydrogen-bond acceptors (Lipinski definition) is 4. The van der Waals surface area contributed by atoms with E-state index in [4.69, 9.17) is 4.74 Å². The highest BCUT2D eigenvalue weighted by molar-refractivity contribution is 5.95. The van der Waals surface area contributed by atoms with E-state index >= 15 is 0 Å². The smallest absolute Gasteiger partial charge is 0.315 e. The van der Waals surface area contributed by atoms with E-state index in [1.165, 1.54) is 6.20 Å². The van der Waals surface area contributed by atoms with Gasteiger partial charge in [0.25, 0.3) is 5.91 Å². The molecule has 0 aliphatic rings. The summed E-state index contributed by atoms with van der Waals surface area (Å²) < 4.78 is 5.62. The van der Waals surface area contributed by atoms with Gasteiger partial charge in [0.05, 0.1) is 6.10 Å². The largest absolute Gasteiger partial charge is 0.489 e. The summed E-state index contributed by atoms with van der Waals surface area (Å²) in [5, 5.41) is 12.6. The van der Waals surface area contributed by atoms with E-state index in [9.17, 15) is 14.7 Å². The van der Waals surface area contributed by atoms with Crippen LogP contribution >= 0.6 is 0 Å². The zero-order chi connectivity index (χ0) is 19.2. The standard InChI is InChI=1S/C20H24N2O4/c1-4-20(19(24)25,15-9-6-5-7-10-15)13-22-18(23)17-16(26-14(2)3)11-8-12-21-17/h5-12,14H,4,13H2,1-3H3,(H,22,23)(H,24,25). The van der Waals surface area contributed by atoms with E-state index in [1.54, 1.807) is 43.3 Å². The molecule has 2 aromatic rings. The first kappa shape index (κ1) is 19.4. The minimum absolute atomic E-state index is 0.0423. The molecular weight excluding hydrogens is 332 g/mol. The van der Waals surface area contributed by atoms with Crippen molar-refractivity contribution in [2.75, 3.05) is 6.54 Å². The summed E-state index contributed by atoms with van der Waals surface area (Å²) in [5.74, 6) is -1.07. The fourth-order valence-corrected chi connectivity index (χ4v) is 2.76. The van der Waals surface area contributed by atoms with Crippen molar-refractivity contribution < 1.29 is 19.4 Å². The predicted octanol–water partition coefficient (Wildman–Crippen LogP) is 3.03. The second kappa shape index (κ2) is 8.47. The molecule has 0 saturated heterocycles. The van der Waals surface area contributed by atoms with Gasteiger partial charge >= 0.3 is 5.97 Å². The van der Waals surface area contributed by atoms with E-state index in [1.807, 2.05) is 19.9 Å². The van der Waals surface area contributed by atoms with Crippen LogP contribution in [0.25, 0.3) is 0 Å². The van der Waals surface area contributed by atoms with Crippen molar-refractivity contribution in [2.24, 2.45) is 0 Å². The molecule has 138 valence electrons. The van der Waals surface area contributed by atoms with Gasteiger partial charge < -0.3 is 15.2 Å². The van der Waals surface area contributed by atoms with Crippen LogP contribution in [-0.2, 0) is 10.2 Å². The quantitative estimate of drug-likeness (QED) is 0.759. The first-order valence-corrected chi connectivity index (χ1v) is 8.59. The lowest BCUT2D eigenvalue weighted by Crippen LogP contribution is -2.46. The van der Waals surface area contributed by atoms with E-state index in [0.29, 0.717) is 17.7 Å². The maximum Gasteiger partial charge on any atom is 0.315 e. The summed E-state index contributed by atoms with van der Waals surface area (Å²) in [7, 11) is 0. The molecule has 2 N–H and O–H groups in total. The summed E-state index contributed by atoms with van der Waals surface area (Å²) in [5.41, 5.74) is -0.412. The number of benzene rings is 1. The molecule has 1 aromatic carbocycles. The molecule has 0 bridgehead atoms. The van der Waals surface area contributed by atoms with Gasteiger partial charge in [-0.05, 0) is 38.0 Å². The van der Waals surface area contributed by atoms with Crippen molar-refractivity contribution in [1.29, 1.82) is 0 Å². The number of rotatable bonds is 8. The Kier molecular flexibility index (Phi) is 6.33. The highest BCUT2D eigenvalue weighted by Gasteiger charge is 2.39. The number of nitrogens with zero attached hydrogens (tertiary/aromatic N) is 1. The Morgan fingerprint density at radius 2 is 1.88 bits per heavy atom. The third-order valence-electron chi connectivity index (χ3n) is 4.24. The Labute approximate surface area is 153 Å². The van der Waals surface area contributed by atoms with Gasteiger partial charge in [-0.25, -0.2) is 4.98 Å². The molecule has 6 nitrogen and oxygen atoms in total. The summed E-state index contributed by atoms with van der Waals surface area (Å²) in [6.07, 6.45) is 1.73. The normalized spacial score (nSPS) is 13.1. The molecule has 1 unspecified atom stereocenters. The molecule has 0 saturated carbocycles. The molecule has 0 aliphatic carbocycles. The van der Waals surface area contributed by atoms with Gasteiger partial charge in [-0.1, -0.05) is 37.3 Å². The van der Waals surface area contributed by atoms with Gasteiger partial charge in [0, 0.05) is 12.7 Å². The zero-order valence-electron chi connectivity index (χ0n) is 15.2. The van der Waals surface area contributed by atoms with E-state index < -0.39 is 17.3 Å². The topological polar surface area (TPSA) is 88.5 Å². The van der Waals surface area contributed by atoms with E-state index in [2.05, 4.69) is 10.3 Å². The number of amides is 1. The molecule has 26 heavy (non-hydrogen) atoms. The van der Waals surface area contributed by atoms with Crippen molar-refractivity contribution in [1.82, 2.24) is 10.3 Å². The third kappa shape index (κ3) is 4.20. The third-order valence-corrected chi connectivity index (χ3v) is 4.24. The number of aliphatic carboxylic acids is 1. The number of carbonyl (C=O) groups excluding carboxylic acids is 1. The van der Waals surface area contributed by atoms with Gasteiger partial charge in [0.2, 0.25) is 0 Å². The number of aromatic nitrogens is 1. The molecule has 0 spiro atoms. The molecule has 0 fully saturated rings. The van der Waals surface area contributed by atoms with Gasteiger partial charge in [-0.15, -0.1) is 0 Å². The van der Waals surface area contributed by atoms with Crippen LogP contribution in [0.15, 0.2) is 48.7 Å².